The predicted octanol–water partition coefficient (Wildman–Crippen LogP) is 3.07. The molecule has 1 aliphatic rings. The van der Waals surface area contributed by atoms with Crippen molar-refractivity contribution in [1.82, 2.24) is 0 Å². The molecule has 0 saturated heterocycles. The van der Waals surface area contributed by atoms with Gasteiger partial charge in [-0.25, -0.2) is 6.57 Å². The molecule has 1 fully saturated rings. The van der Waals surface area contributed by atoms with Crippen molar-refractivity contribution in [1.29, 1.82) is 0 Å². The number of rotatable bonds is 2. The molecule has 74 valence electrons. The highest BCUT2D eigenvalue weighted by molar-refractivity contribution is 6.69. The van der Waals surface area contributed by atoms with Crippen LogP contribution in [0.15, 0.2) is 0 Å². The molecule has 1 aliphatic carbocycles. The van der Waals surface area contributed by atoms with Crippen LogP contribution in [-0.4, -0.2) is 20.5 Å². The Bertz CT molecular complexity index is 204. The van der Waals surface area contributed by atoms with Crippen LogP contribution >= 0.6 is 0 Å². The first kappa shape index (κ1) is 10.7. The molecule has 1 rings (SSSR count). The molecule has 0 amide bonds. The standard InChI is InChI=1S/C10H19NOSi/c1-11-9-7-5-6-8-10(9)12-13(2,3)4/h9-10H,5-8H2,2-4H3/t9-,10+/m1/s1. The van der Waals surface area contributed by atoms with Gasteiger partial charge in [-0.05, 0) is 32.5 Å². The van der Waals surface area contributed by atoms with Crippen molar-refractivity contribution in [3.8, 4) is 0 Å². The van der Waals surface area contributed by atoms with E-state index < -0.39 is 8.32 Å². The summed E-state index contributed by atoms with van der Waals surface area (Å²) in [4.78, 5) is 3.66. The molecule has 0 bridgehead atoms. The molecule has 1 saturated carbocycles. The van der Waals surface area contributed by atoms with E-state index in [9.17, 15) is 0 Å². The van der Waals surface area contributed by atoms with Gasteiger partial charge in [0, 0.05) is 6.42 Å². The fraction of sp³-hybridized carbons (Fsp3) is 0.900. The molecule has 0 heterocycles. The van der Waals surface area contributed by atoms with Crippen molar-refractivity contribution < 1.29 is 4.43 Å². The van der Waals surface area contributed by atoms with Crippen LogP contribution in [0.4, 0.5) is 0 Å². The van der Waals surface area contributed by atoms with Crippen LogP contribution in [0.5, 0.6) is 0 Å². The van der Waals surface area contributed by atoms with Crippen molar-refractivity contribution >= 4 is 8.32 Å². The maximum Gasteiger partial charge on any atom is 0.248 e. The maximum atomic E-state index is 7.10. The lowest BCUT2D eigenvalue weighted by Crippen LogP contribution is -2.39. The first-order valence-electron chi connectivity index (χ1n) is 5.07. The van der Waals surface area contributed by atoms with E-state index in [1.165, 1.54) is 12.8 Å². The highest BCUT2D eigenvalue weighted by Gasteiger charge is 2.33. The summed E-state index contributed by atoms with van der Waals surface area (Å²) in [5.41, 5.74) is 0. The largest absolute Gasteiger partial charge is 0.407 e. The van der Waals surface area contributed by atoms with Gasteiger partial charge in [-0.3, -0.25) is 0 Å². The zero-order valence-electron chi connectivity index (χ0n) is 8.84. The molecule has 3 heteroatoms. The Balaban J connectivity index is 2.51. The van der Waals surface area contributed by atoms with Gasteiger partial charge in [0.2, 0.25) is 6.04 Å². The third-order valence-corrected chi connectivity index (χ3v) is 3.35. The van der Waals surface area contributed by atoms with E-state index in [0.29, 0.717) is 0 Å². The van der Waals surface area contributed by atoms with Gasteiger partial charge >= 0.3 is 0 Å². The smallest absolute Gasteiger partial charge is 0.248 e. The lowest BCUT2D eigenvalue weighted by atomic mass is 9.93. The molecule has 0 aromatic rings. The van der Waals surface area contributed by atoms with Gasteiger partial charge in [-0.2, -0.15) is 0 Å². The second-order valence-electron chi connectivity index (χ2n) is 4.75. The predicted molar refractivity (Wildman–Crippen MR) is 57.1 cm³/mol. The normalized spacial score (nSPS) is 29.7. The molecule has 2 nitrogen and oxygen atoms in total. The lowest BCUT2D eigenvalue weighted by molar-refractivity contribution is 0.140. The first-order chi connectivity index (χ1) is 6.03. The fourth-order valence-electron chi connectivity index (χ4n) is 1.82. The van der Waals surface area contributed by atoms with Crippen LogP contribution in [0.3, 0.4) is 0 Å². The van der Waals surface area contributed by atoms with Crippen molar-refractivity contribution in [2.24, 2.45) is 0 Å². The molecule has 13 heavy (non-hydrogen) atoms. The quantitative estimate of drug-likeness (QED) is 0.490. The van der Waals surface area contributed by atoms with Crippen LogP contribution in [0.2, 0.25) is 19.6 Å². The van der Waals surface area contributed by atoms with Crippen molar-refractivity contribution in [2.75, 3.05) is 0 Å². The summed E-state index contributed by atoms with van der Waals surface area (Å²) in [6.07, 6.45) is 4.81. The molecule has 0 aromatic carbocycles. The van der Waals surface area contributed by atoms with Crippen LogP contribution < -0.4 is 0 Å². The zero-order valence-corrected chi connectivity index (χ0v) is 9.84. The van der Waals surface area contributed by atoms with E-state index in [1.807, 2.05) is 0 Å². The summed E-state index contributed by atoms with van der Waals surface area (Å²) in [5, 5.41) is 0. The van der Waals surface area contributed by atoms with Gasteiger partial charge < -0.3 is 9.27 Å². The Morgan fingerprint density at radius 2 is 1.85 bits per heavy atom. The third-order valence-electron chi connectivity index (χ3n) is 2.34. The molecule has 0 radical (unpaired) electrons. The van der Waals surface area contributed by atoms with E-state index in [4.69, 9.17) is 11.0 Å². The SMILES string of the molecule is [C-]#[N+][C@@H]1CCCC[C@@H]1O[Si](C)(C)C. The van der Waals surface area contributed by atoms with Gasteiger partial charge in [0.15, 0.2) is 8.32 Å². The highest BCUT2D eigenvalue weighted by Crippen LogP contribution is 2.26. The monoisotopic (exact) mass is 197 g/mol. The number of nitrogens with zero attached hydrogens (tertiary/aromatic N) is 1. The molecule has 0 unspecified atom stereocenters. The third kappa shape index (κ3) is 3.49. The molecular formula is C10H19NOSi. The molecule has 0 aromatic heterocycles. The van der Waals surface area contributed by atoms with Gasteiger partial charge in [0.05, 0.1) is 0 Å². The van der Waals surface area contributed by atoms with E-state index in [-0.39, 0.29) is 12.1 Å². The van der Waals surface area contributed by atoms with Gasteiger partial charge in [-0.15, -0.1) is 0 Å². The summed E-state index contributed by atoms with van der Waals surface area (Å²) < 4.78 is 6.01. The van der Waals surface area contributed by atoms with E-state index in [1.54, 1.807) is 0 Å². The fourth-order valence-corrected chi connectivity index (χ4v) is 3.00. The molecule has 0 spiro atoms. The van der Waals surface area contributed by atoms with E-state index in [0.717, 1.165) is 12.8 Å². The summed E-state index contributed by atoms with van der Waals surface area (Å²) >= 11 is 0. The van der Waals surface area contributed by atoms with E-state index >= 15 is 0 Å². The van der Waals surface area contributed by atoms with Crippen molar-refractivity contribution in [3.05, 3.63) is 11.4 Å². The van der Waals surface area contributed by atoms with Crippen molar-refractivity contribution in [2.45, 2.75) is 57.5 Å². The minimum Gasteiger partial charge on any atom is -0.407 e. The Morgan fingerprint density at radius 1 is 1.23 bits per heavy atom. The van der Waals surface area contributed by atoms with Crippen LogP contribution in [0.25, 0.3) is 4.85 Å². The summed E-state index contributed by atoms with van der Waals surface area (Å²) in [7, 11) is -1.45. The topological polar surface area (TPSA) is 13.6 Å². The summed E-state index contributed by atoms with van der Waals surface area (Å²) in [6, 6.07) is 0.139. The average molecular weight is 197 g/mol. The molecule has 2 atom stereocenters. The maximum absolute atomic E-state index is 7.10. The van der Waals surface area contributed by atoms with Gasteiger partial charge in [0.25, 0.3) is 0 Å². The van der Waals surface area contributed by atoms with E-state index in [2.05, 4.69) is 24.5 Å². The van der Waals surface area contributed by atoms with Crippen LogP contribution in [-0.2, 0) is 4.43 Å². The molecule has 0 aliphatic heterocycles. The van der Waals surface area contributed by atoms with Gasteiger partial charge in [0.1, 0.15) is 6.10 Å². The lowest BCUT2D eigenvalue weighted by Gasteiger charge is -2.29. The Hall–Kier alpha value is -0.333. The zero-order chi connectivity index (χ0) is 9.90. The van der Waals surface area contributed by atoms with Gasteiger partial charge in [-0.1, -0.05) is 6.42 Å². The minimum atomic E-state index is -1.45. The van der Waals surface area contributed by atoms with Crippen molar-refractivity contribution in [3.63, 3.8) is 0 Å². The average Bonchev–Trinajstić information content (AvgIpc) is 2.02. The molecule has 0 N–H and O–H groups in total. The first-order valence-corrected chi connectivity index (χ1v) is 8.48. The summed E-state index contributed by atoms with van der Waals surface area (Å²) in [5.74, 6) is 0. The molecular weight excluding hydrogens is 178 g/mol. The minimum absolute atomic E-state index is 0.139. The number of hydrogen-bond acceptors (Lipinski definition) is 1. The Labute approximate surface area is 82.2 Å². The number of hydrogen-bond donors (Lipinski definition) is 0. The Morgan fingerprint density at radius 3 is 2.38 bits per heavy atom. The van der Waals surface area contributed by atoms with Crippen LogP contribution in [0.1, 0.15) is 25.7 Å². The Kier molecular flexibility index (Phi) is 3.52. The van der Waals surface area contributed by atoms with Crippen LogP contribution in [0, 0.1) is 6.57 Å². The second-order valence-corrected chi connectivity index (χ2v) is 9.21. The summed E-state index contributed by atoms with van der Waals surface area (Å²) in [6.45, 7) is 13.7. The highest BCUT2D eigenvalue weighted by atomic mass is 28.4. The second kappa shape index (κ2) is 4.25.